The van der Waals surface area contributed by atoms with E-state index in [0.29, 0.717) is 21.5 Å². The van der Waals surface area contributed by atoms with Gasteiger partial charge in [-0.25, -0.2) is 0 Å². The largest absolute Gasteiger partial charge is 0.479 e. The van der Waals surface area contributed by atoms with Crippen LogP contribution in [0.4, 0.5) is 0 Å². The molecule has 0 aliphatic rings. The van der Waals surface area contributed by atoms with Crippen LogP contribution < -0.4 is 9.61 Å². The third-order valence-electron chi connectivity index (χ3n) is 3.55. The highest BCUT2D eigenvalue weighted by atomic mass is 35.5. The van der Waals surface area contributed by atoms with Gasteiger partial charge >= 0.3 is 4.87 Å². The average Bonchev–Trinajstić information content (AvgIpc) is 2.89. The second-order valence-electron chi connectivity index (χ2n) is 5.55. The topological polar surface area (TPSA) is 44.1 Å². The van der Waals surface area contributed by atoms with Gasteiger partial charge in [0.1, 0.15) is 17.4 Å². The summed E-state index contributed by atoms with van der Waals surface area (Å²) in [5, 5.41) is 5.83. The summed E-state index contributed by atoms with van der Waals surface area (Å²) in [6.07, 6.45) is 6.05. The van der Waals surface area contributed by atoms with E-state index in [-0.39, 0.29) is 16.9 Å². The SMILES string of the molecule is C#CCOc1cc(-n2nc(C(C)(C)CC)sc2=O)c(Cl)cc1Cl. The molecule has 0 amide bonds. The first-order valence-corrected chi connectivity index (χ1v) is 8.53. The van der Waals surface area contributed by atoms with Crippen molar-refractivity contribution in [1.82, 2.24) is 9.78 Å². The molecule has 0 N–H and O–H groups in total. The van der Waals surface area contributed by atoms with E-state index in [0.717, 1.165) is 22.8 Å². The molecule has 2 aromatic rings. The molecule has 0 aliphatic carbocycles. The molecule has 0 bridgehead atoms. The van der Waals surface area contributed by atoms with Crippen molar-refractivity contribution in [2.75, 3.05) is 6.61 Å². The summed E-state index contributed by atoms with van der Waals surface area (Å²) >= 11 is 13.4. The van der Waals surface area contributed by atoms with Crippen LogP contribution in [0.25, 0.3) is 5.69 Å². The first-order chi connectivity index (χ1) is 10.8. The average molecular weight is 371 g/mol. The highest BCUT2D eigenvalue weighted by Crippen LogP contribution is 2.34. The Kier molecular flexibility index (Phi) is 5.41. The standard InChI is InChI=1S/C16H16Cl2N2O2S/c1-5-7-22-13-9-12(10(17)8-11(13)18)20-15(21)23-14(19-20)16(3,4)6-2/h1,8-9H,6-7H2,2-4H3. The zero-order valence-electron chi connectivity index (χ0n) is 13.0. The fraction of sp³-hybridized carbons (Fsp3) is 0.375. The minimum absolute atomic E-state index is 0.0703. The summed E-state index contributed by atoms with van der Waals surface area (Å²) in [6.45, 7) is 6.21. The smallest absolute Gasteiger partial charge is 0.329 e. The minimum atomic E-state index is -0.214. The molecule has 0 spiro atoms. The third-order valence-corrected chi connectivity index (χ3v) is 5.32. The van der Waals surface area contributed by atoms with Crippen molar-refractivity contribution in [3.05, 3.63) is 36.9 Å². The van der Waals surface area contributed by atoms with E-state index in [4.69, 9.17) is 34.4 Å². The zero-order valence-corrected chi connectivity index (χ0v) is 15.3. The van der Waals surface area contributed by atoms with E-state index < -0.39 is 0 Å². The molecule has 122 valence electrons. The van der Waals surface area contributed by atoms with Crippen molar-refractivity contribution in [3.63, 3.8) is 0 Å². The van der Waals surface area contributed by atoms with Gasteiger partial charge in [-0.1, -0.05) is 61.2 Å². The number of hydrogen-bond donors (Lipinski definition) is 0. The van der Waals surface area contributed by atoms with Crippen molar-refractivity contribution in [1.29, 1.82) is 0 Å². The number of nitrogens with zero attached hydrogens (tertiary/aromatic N) is 2. The molecular weight excluding hydrogens is 355 g/mol. The predicted octanol–water partition coefficient (Wildman–Crippen LogP) is 4.30. The Bertz CT molecular complexity index is 818. The molecule has 23 heavy (non-hydrogen) atoms. The lowest BCUT2D eigenvalue weighted by atomic mass is 9.91. The van der Waals surface area contributed by atoms with Gasteiger partial charge in [0.05, 0.1) is 15.7 Å². The Morgan fingerprint density at radius 2 is 2.09 bits per heavy atom. The van der Waals surface area contributed by atoms with Gasteiger partial charge in [-0.05, 0) is 12.5 Å². The maximum absolute atomic E-state index is 12.3. The molecule has 0 aliphatic heterocycles. The summed E-state index contributed by atoms with van der Waals surface area (Å²) in [5.74, 6) is 2.73. The molecule has 1 aromatic carbocycles. The molecule has 0 atom stereocenters. The molecule has 1 heterocycles. The normalized spacial score (nSPS) is 11.3. The van der Waals surface area contributed by atoms with Crippen LogP contribution in [0, 0.1) is 12.3 Å². The third kappa shape index (κ3) is 3.72. The summed E-state index contributed by atoms with van der Waals surface area (Å²) in [6, 6.07) is 3.09. The Hall–Kier alpha value is -1.48. The van der Waals surface area contributed by atoms with Crippen LogP contribution in [-0.2, 0) is 5.41 Å². The first-order valence-electron chi connectivity index (χ1n) is 6.96. The fourth-order valence-corrected chi connectivity index (χ4v) is 3.22. The van der Waals surface area contributed by atoms with Crippen molar-refractivity contribution in [2.24, 2.45) is 0 Å². The van der Waals surface area contributed by atoms with E-state index in [2.05, 4.69) is 17.9 Å². The van der Waals surface area contributed by atoms with Crippen LogP contribution >= 0.6 is 34.5 Å². The Morgan fingerprint density at radius 3 is 2.70 bits per heavy atom. The van der Waals surface area contributed by atoms with Crippen LogP contribution in [0.1, 0.15) is 32.2 Å². The maximum Gasteiger partial charge on any atom is 0.329 e. The van der Waals surface area contributed by atoms with Gasteiger partial charge in [0.25, 0.3) is 0 Å². The van der Waals surface area contributed by atoms with E-state index in [9.17, 15) is 4.79 Å². The molecule has 0 saturated heterocycles. The minimum Gasteiger partial charge on any atom is -0.479 e. The van der Waals surface area contributed by atoms with E-state index in [1.165, 1.54) is 10.7 Å². The second-order valence-corrected chi connectivity index (χ2v) is 7.30. The molecule has 1 aromatic heterocycles. The summed E-state index contributed by atoms with van der Waals surface area (Å²) < 4.78 is 6.65. The Morgan fingerprint density at radius 1 is 1.39 bits per heavy atom. The van der Waals surface area contributed by atoms with Gasteiger partial charge in [0.15, 0.2) is 0 Å². The van der Waals surface area contributed by atoms with Gasteiger partial charge in [0, 0.05) is 11.5 Å². The molecule has 4 nitrogen and oxygen atoms in total. The molecule has 7 heteroatoms. The Balaban J connectivity index is 2.55. The number of halogens is 2. The number of benzene rings is 1. The molecule has 0 saturated carbocycles. The molecule has 0 radical (unpaired) electrons. The van der Waals surface area contributed by atoms with Crippen molar-refractivity contribution in [3.8, 4) is 23.8 Å². The summed E-state index contributed by atoms with van der Waals surface area (Å²) in [5.41, 5.74) is 0.235. The number of terminal acetylenes is 1. The van der Waals surface area contributed by atoms with Gasteiger partial charge in [-0.2, -0.15) is 9.78 Å². The van der Waals surface area contributed by atoms with Crippen LogP contribution in [0.3, 0.4) is 0 Å². The molecular formula is C16H16Cl2N2O2S. The lowest BCUT2D eigenvalue weighted by Crippen LogP contribution is -2.17. The van der Waals surface area contributed by atoms with Crippen LogP contribution in [0.15, 0.2) is 16.9 Å². The van der Waals surface area contributed by atoms with Crippen molar-refractivity contribution < 1.29 is 4.74 Å². The van der Waals surface area contributed by atoms with Gasteiger partial charge in [-0.15, -0.1) is 6.42 Å². The second kappa shape index (κ2) is 6.96. The van der Waals surface area contributed by atoms with Gasteiger partial charge in [-0.3, -0.25) is 4.79 Å². The lowest BCUT2D eigenvalue weighted by Gasteiger charge is -2.18. The number of rotatable bonds is 5. The van der Waals surface area contributed by atoms with Gasteiger partial charge < -0.3 is 4.74 Å². The highest BCUT2D eigenvalue weighted by molar-refractivity contribution is 7.09. The lowest BCUT2D eigenvalue weighted by molar-refractivity contribution is 0.370. The monoisotopic (exact) mass is 370 g/mol. The van der Waals surface area contributed by atoms with Gasteiger partial charge in [0.2, 0.25) is 0 Å². The number of ether oxygens (including phenoxy) is 1. The van der Waals surface area contributed by atoms with Crippen molar-refractivity contribution in [2.45, 2.75) is 32.6 Å². The number of hydrogen-bond acceptors (Lipinski definition) is 4. The quantitative estimate of drug-likeness (QED) is 0.736. The van der Waals surface area contributed by atoms with Crippen LogP contribution in [-0.4, -0.2) is 16.4 Å². The van der Waals surface area contributed by atoms with E-state index in [1.54, 1.807) is 6.07 Å². The fourth-order valence-electron chi connectivity index (χ4n) is 1.77. The van der Waals surface area contributed by atoms with E-state index in [1.807, 2.05) is 13.8 Å². The van der Waals surface area contributed by atoms with Crippen molar-refractivity contribution >= 4 is 34.5 Å². The highest BCUT2D eigenvalue weighted by Gasteiger charge is 2.25. The number of aromatic nitrogens is 2. The zero-order chi connectivity index (χ0) is 17.2. The van der Waals surface area contributed by atoms with Crippen LogP contribution in [0.2, 0.25) is 10.0 Å². The summed E-state index contributed by atoms with van der Waals surface area (Å²) in [7, 11) is 0. The van der Waals surface area contributed by atoms with E-state index >= 15 is 0 Å². The molecule has 0 unspecified atom stereocenters. The first kappa shape index (κ1) is 17.9. The summed E-state index contributed by atoms with van der Waals surface area (Å²) in [4.78, 5) is 12.1. The molecule has 0 fully saturated rings. The van der Waals surface area contributed by atoms with Crippen LogP contribution in [0.5, 0.6) is 5.75 Å². The predicted molar refractivity (Wildman–Crippen MR) is 95.4 cm³/mol. The molecule has 2 rings (SSSR count). The Labute approximate surface area is 149 Å². The maximum atomic E-state index is 12.3.